The molecule has 1 aromatic rings. The van der Waals surface area contributed by atoms with Crippen molar-refractivity contribution in [3.63, 3.8) is 0 Å². The molecule has 1 saturated heterocycles. The summed E-state index contributed by atoms with van der Waals surface area (Å²) in [6.45, 7) is -0.940. The lowest BCUT2D eigenvalue weighted by Crippen LogP contribution is -2.21. The van der Waals surface area contributed by atoms with Crippen molar-refractivity contribution < 1.29 is 22.3 Å². The fourth-order valence-corrected chi connectivity index (χ4v) is 9.78. The van der Waals surface area contributed by atoms with Crippen LogP contribution in [0.1, 0.15) is 102 Å². The van der Waals surface area contributed by atoms with Gasteiger partial charge in [0.05, 0.1) is 0 Å². The van der Waals surface area contributed by atoms with E-state index in [1.165, 1.54) is 69.9 Å². The molecule has 0 radical (unpaired) electrons. The highest BCUT2D eigenvalue weighted by Crippen LogP contribution is 2.40. The molecule has 0 amide bonds. The minimum absolute atomic E-state index is 0.0996. The fourth-order valence-electron chi connectivity index (χ4n) is 6.16. The second-order valence-corrected chi connectivity index (χ2v) is 14.0. The van der Waals surface area contributed by atoms with E-state index in [4.69, 9.17) is 0 Å². The number of hydrogen-bond donors (Lipinski definition) is 0. The topological polar surface area (TPSA) is 9.23 Å². The van der Waals surface area contributed by atoms with Crippen LogP contribution in [0, 0.1) is 23.5 Å². The van der Waals surface area contributed by atoms with E-state index in [1.54, 1.807) is 18.1 Å². The number of hydrogen-bond acceptors (Lipinski definition) is 1. The first kappa shape index (κ1) is 26.6. The first-order valence-electron chi connectivity index (χ1n) is 13.4. The molecule has 0 bridgehead atoms. The van der Waals surface area contributed by atoms with Gasteiger partial charge < -0.3 is 4.74 Å². The molecule has 2 fully saturated rings. The predicted molar refractivity (Wildman–Crippen MR) is 130 cm³/mol. The molecule has 0 spiro atoms. The van der Waals surface area contributed by atoms with E-state index in [1.807, 2.05) is 0 Å². The van der Waals surface area contributed by atoms with E-state index in [9.17, 15) is 17.6 Å². The Morgan fingerprint density at radius 3 is 1.97 bits per heavy atom. The van der Waals surface area contributed by atoms with Gasteiger partial charge in [0, 0.05) is 8.80 Å². The third kappa shape index (κ3) is 8.59. The predicted octanol–water partition coefficient (Wildman–Crippen LogP) is 9.23. The second-order valence-electron chi connectivity index (χ2n) is 10.6. The summed E-state index contributed by atoms with van der Waals surface area (Å²) in [6, 6.07) is 7.08. The van der Waals surface area contributed by atoms with Gasteiger partial charge in [0.25, 0.3) is 0 Å². The summed E-state index contributed by atoms with van der Waals surface area (Å²) in [5, 5.41) is 0. The summed E-state index contributed by atoms with van der Waals surface area (Å²) in [7, 11) is -0.396. The van der Waals surface area contributed by atoms with E-state index in [0.717, 1.165) is 31.6 Å². The van der Waals surface area contributed by atoms with Crippen LogP contribution in [0.25, 0.3) is 0 Å². The number of ether oxygens (including phenoxy) is 1. The van der Waals surface area contributed by atoms with E-state index in [2.05, 4.69) is 11.7 Å². The van der Waals surface area contributed by atoms with Gasteiger partial charge in [0.1, 0.15) is 0 Å². The maximum absolute atomic E-state index is 14.1. The lowest BCUT2D eigenvalue weighted by atomic mass is 9.77. The van der Waals surface area contributed by atoms with Crippen molar-refractivity contribution in [2.45, 2.75) is 121 Å². The maximum Gasteiger partial charge on any atom is 0.387 e. The molecule has 1 saturated carbocycles. The Kier molecular flexibility index (Phi) is 11.1. The Bertz CT molecular complexity index is 674. The molecule has 1 aliphatic heterocycles. The van der Waals surface area contributed by atoms with Gasteiger partial charge in [-0.3, -0.25) is 0 Å². The quantitative estimate of drug-likeness (QED) is 0.162. The molecule has 1 heterocycles. The van der Waals surface area contributed by atoms with Gasteiger partial charge in [-0.1, -0.05) is 82.8 Å². The van der Waals surface area contributed by atoms with Crippen LogP contribution in [0.15, 0.2) is 12.1 Å². The third-order valence-corrected chi connectivity index (χ3v) is 11.7. The van der Waals surface area contributed by atoms with Gasteiger partial charge in [-0.15, -0.1) is 0 Å². The highest BCUT2D eigenvalue weighted by Gasteiger charge is 2.26. The zero-order chi connectivity index (χ0) is 23.6. The van der Waals surface area contributed by atoms with Gasteiger partial charge in [-0.2, -0.15) is 8.78 Å². The van der Waals surface area contributed by atoms with Crippen molar-refractivity contribution in [1.29, 1.82) is 0 Å². The van der Waals surface area contributed by atoms with Crippen LogP contribution in [0.5, 0.6) is 5.75 Å². The van der Waals surface area contributed by atoms with Gasteiger partial charge in [-0.25, -0.2) is 8.78 Å². The van der Waals surface area contributed by atoms with E-state index < -0.39 is 32.8 Å². The third-order valence-electron chi connectivity index (χ3n) is 8.20. The van der Waals surface area contributed by atoms with E-state index in [-0.39, 0.29) is 5.92 Å². The number of unbranched alkanes of at least 4 members (excludes halogenated alkanes) is 3. The largest absolute Gasteiger partial charge is 0.429 e. The van der Waals surface area contributed by atoms with Crippen molar-refractivity contribution in [3.05, 3.63) is 29.3 Å². The Hall–Kier alpha value is -1.04. The summed E-state index contributed by atoms with van der Waals surface area (Å²) in [5.74, 6) is -1.27. The highest BCUT2D eigenvalue weighted by atomic mass is 28.3. The van der Waals surface area contributed by atoms with Crippen LogP contribution in [0.3, 0.4) is 0 Å². The molecule has 1 nitrogen and oxygen atoms in total. The normalized spacial score (nSPS) is 26.0. The van der Waals surface area contributed by atoms with Crippen LogP contribution in [-0.2, 0) is 0 Å². The van der Waals surface area contributed by atoms with Gasteiger partial charge >= 0.3 is 6.61 Å². The average Bonchev–Trinajstić information content (AvgIpc) is 2.80. The van der Waals surface area contributed by atoms with E-state index >= 15 is 0 Å². The molecule has 6 heteroatoms. The lowest BCUT2D eigenvalue weighted by Gasteiger charge is -2.30. The first-order chi connectivity index (χ1) is 16.0. The molecule has 0 atom stereocenters. The number of halogens is 4. The fraction of sp³-hybridized carbons (Fsp3) is 0.778. The monoisotopic (exact) mass is 486 g/mol. The van der Waals surface area contributed by atoms with Crippen molar-refractivity contribution in [2.75, 3.05) is 0 Å². The van der Waals surface area contributed by atoms with Crippen LogP contribution < -0.4 is 4.74 Å². The van der Waals surface area contributed by atoms with Crippen molar-refractivity contribution in [1.82, 2.24) is 0 Å². The summed E-state index contributed by atoms with van der Waals surface area (Å²) >= 11 is 0. The van der Waals surface area contributed by atoms with Crippen LogP contribution >= 0.6 is 0 Å². The van der Waals surface area contributed by atoms with Gasteiger partial charge in [-0.05, 0) is 61.1 Å². The summed E-state index contributed by atoms with van der Waals surface area (Å²) in [6.07, 6.45) is 16.5. The number of benzene rings is 1. The Morgan fingerprint density at radius 2 is 1.42 bits per heavy atom. The molecule has 0 aromatic heterocycles. The molecule has 1 aromatic carbocycles. The Balaban J connectivity index is 1.31. The first-order valence-corrected chi connectivity index (χ1v) is 15.8. The van der Waals surface area contributed by atoms with E-state index in [0.29, 0.717) is 11.5 Å². The zero-order valence-corrected chi connectivity index (χ0v) is 21.4. The smallest absolute Gasteiger partial charge is 0.387 e. The van der Waals surface area contributed by atoms with Crippen LogP contribution in [0.4, 0.5) is 17.6 Å². The molecule has 1 aliphatic carbocycles. The molecule has 0 N–H and O–H groups in total. The van der Waals surface area contributed by atoms with Gasteiger partial charge in [0.2, 0.25) is 0 Å². The summed E-state index contributed by atoms with van der Waals surface area (Å²) in [5.41, 5.74) is 0.568. The van der Waals surface area contributed by atoms with Gasteiger partial charge in [0.15, 0.2) is 17.4 Å². The molecule has 3 rings (SSSR count). The average molecular weight is 487 g/mol. The molecule has 2 aliphatic rings. The van der Waals surface area contributed by atoms with Crippen LogP contribution in [-0.4, -0.2) is 15.4 Å². The van der Waals surface area contributed by atoms with Crippen molar-refractivity contribution in [3.8, 4) is 5.75 Å². The minimum atomic E-state index is -3.23. The molecule has 33 heavy (non-hydrogen) atoms. The SMILES string of the molecule is CCCCC[SiH]1CCC(CCCCC2CCC(c3cc(F)c(OC(F)F)c(F)c3)CC2)CC1. The minimum Gasteiger partial charge on any atom is -0.429 e. The second kappa shape index (κ2) is 13.7. The molecular formula is C27H42F4OSi. The number of rotatable bonds is 12. The zero-order valence-electron chi connectivity index (χ0n) is 20.3. The Morgan fingerprint density at radius 1 is 0.848 bits per heavy atom. The van der Waals surface area contributed by atoms with Crippen LogP contribution in [0.2, 0.25) is 18.1 Å². The molecule has 188 valence electrons. The van der Waals surface area contributed by atoms with Crippen molar-refractivity contribution in [2.24, 2.45) is 11.8 Å². The maximum atomic E-state index is 14.1. The van der Waals surface area contributed by atoms with Crippen molar-refractivity contribution >= 4 is 8.80 Å². The number of alkyl halides is 2. The Labute approximate surface area is 199 Å². The summed E-state index contributed by atoms with van der Waals surface area (Å²) < 4.78 is 56.7. The standard InChI is InChI=1S/C27H42F4OSi/c1-2-3-6-15-33-16-13-21(14-17-33)8-5-4-7-20-9-11-22(12-10-20)23-18-24(28)26(25(29)19-23)32-27(30)31/h18-22,27,33H,2-17H2,1H3. The molecular weight excluding hydrogens is 444 g/mol. The summed E-state index contributed by atoms with van der Waals surface area (Å²) in [4.78, 5) is 0. The highest BCUT2D eigenvalue weighted by molar-refractivity contribution is 6.58. The molecule has 0 unspecified atom stereocenters. The lowest BCUT2D eigenvalue weighted by molar-refractivity contribution is -0.0546.